The number of rotatable bonds is 6. The highest BCUT2D eigenvalue weighted by Crippen LogP contribution is 2.07. The van der Waals surface area contributed by atoms with E-state index >= 15 is 0 Å². The minimum atomic E-state index is -0.160. The number of carbonyl (C=O) groups excluding carboxylic acids is 1. The Bertz CT molecular complexity index is 314. The number of carbonyl (C=O) groups is 1. The average molecular weight is 222 g/mol. The van der Waals surface area contributed by atoms with E-state index in [1.165, 1.54) is 7.11 Å². The second-order valence-corrected chi connectivity index (χ2v) is 3.61. The topological polar surface area (TPSA) is 51.2 Å². The number of aromatic nitrogens is 1. The summed E-state index contributed by atoms with van der Waals surface area (Å²) in [5, 5.41) is 3.31. The maximum absolute atomic E-state index is 10.9. The first kappa shape index (κ1) is 12.6. The van der Waals surface area contributed by atoms with Crippen molar-refractivity contribution in [3.63, 3.8) is 0 Å². The molecule has 1 aromatic heterocycles. The number of pyridine rings is 1. The number of esters is 1. The van der Waals surface area contributed by atoms with Crippen molar-refractivity contribution >= 4 is 5.97 Å². The van der Waals surface area contributed by atoms with Crippen LogP contribution in [0.1, 0.15) is 31.5 Å². The van der Waals surface area contributed by atoms with Crippen LogP contribution >= 0.6 is 0 Å². The van der Waals surface area contributed by atoms with Gasteiger partial charge in [0.1, 0.15) is 0 Å². The minimum absolute atomic E-state index is 0.160. The van der Waals surface area contributed by atoms with Crippen LogP contribution in [-0.4, -0.2) is 24.6 Å². The predicted molar refractivity (Wildman–Crippen MR) is 61.9 cm³/mol. The van der Waals surface area contributed by atoms with Crippen molar-refractivity contribution in [2.24, 2.45) is 0 Å². The summed E-state index contributed by atoms with van der Waals surface area (Å²) in [4.78, 5) is 15.1. The third-order valence-electron chi connectivity index (χ3n) is 2.37. The summed E-state index contributed by atoms with van der Waals surface area (Å²) in [5.74, 6) is -0.160. The second kappa shape index (κ2) is 6.95. The molecule has 0 aliphatic carbocycles. The zero-order chi connectivity index (χ0) is 11.8. The lowest BCUT2D eigenvalue weighted by atomic mass is 10.2. The van der Waals surface area contributed by atoms with Gasteiger partial charge in [0, 0.05) is 18.7 Å². The van der Waals surface area contributed by atoms with Crippen LogP contribution in [0.4, 0.5) is 0 Å². The minimum Gasteiger partial charge on any atom is -0.469 e. The van der Waals surface area contributed by atoms with Gasteiger partial charge in [-0.05, 0) is 32.0 Å². The first-order valence-electron chi connectivity index (χ1n) is 5.45. The lowest BCUT2D eigenvalue weighted by Crippen LogP contribution is -2.21. The van der Waals surface area contributed by atoms with Gasteiger partial charge < -0.3 is 10.1 Å². The quantitative estimate of drug-likeness (QED) is 0.588. The zero-order valence-electron chi connectivity index (χ0n) is 9.77. The van der Waals surface area contributed by atoms with Crippen molar-refractivity contribution in [2.75, 3.05) is 13.7 Å². The maximum Gasteiger partial charge on any atom is 0.305 e. The zero-order valence-corrected chi connectivity index (χ0v) is 9.77. The fourth-order valence-electron chi connectivity index (χ4n) is 1.39. The third-order valence-corrected chi connectivity index (χ3v) is 2.37. The summed E-state index contributed by atoms with van der Waals surface area (Å²) < 4.78 is 4.56. The van der Waals surface area contributed by atoms with Gasteiger partial charge in [-0.15, -0.1) is 0 Å². The van der Waals surface area contributed by atoms with Crippen LogP contribution in [0.2, 0.25) is 0 Å². The Labute approximate surface area is 96.0 Å². The molecule has 0 aliphatic rings. The van der Waals surface area contributed by atoms with E-state index in [0.29, 0.717) is 6.42 Å². The highest BCUT2D eigenvalue weighted by atomic mass is 16.5. The van der Waals surface area contributed by atoms with E-state index in [-0.39, 0.29) is 12.0 Å². The van der Waals surface area contributed by atoms with Gasteiger partial charge in [-0.25, -0.2) is 0 Å². The van der Waals surface area contributed by atoms with Crippen LogP contribution in [0.3, 0.4) is 0 Å². The van der Waals surface area contributed by atoms with Crippen LogP contribution in [0, 0.1) is 0 Å². The number of hydrogen-bond donors (Lipinski definition) is 1. The SMILES string of the molecule is COC(=O)CCCN[C@H](C)c1ccccn1. The molecule has 1 rings (SSSR count). The van der Waals surface area contributed by atoms with E-state index in [9.17, 15) is 4.79 Å². The molecule has 0 saturated heterocycles. The Hall–Kier alpha value is -1.42. The molecule has 1 aromatic rings. The highest BCUT2D eigenvalue weighted by molar-refractivity contribution is 5.69. The molecule has 0 bridgehead atoms. The molecule has 1 atom stereocenters. The summed E-state index contributed by atoms with van der Waals surface area (Å²) in [5.41, 5.74) is 1.01. The first-order chi connectivity index (χ1) is 7.74. The van der Waals surface area contributed by atoms with Crippen molar-refractivity contribution in [3.8, 4) is 0 Å². The van der Waals surface area contributed by atoms with Crippen molar-refractivity contribution < 1.29 is 9.53 Å². The van der Waals surface area contributed by atoms with Gasteiger partial charge in [0.2, 0.25) is 0 Å². The number of ether oxygens (including phenoxy) is 1. The van der Waals surface area contributed by atoms with Crippen LogP contribution in [0.25, 0.3) is 0 Å². The lowest BCUT2D eigenvalue weighted by Gasteiger charge is -2.12. The fourth-order valence-corrected chi connectivity index (χ4v) is 1.39. The molecule has 0 aliphatic heterocycles. The molecule has 88 valence electrons. The molecular weight excluding hydrogens is 204 g/mol. The van der Waals surface area contributed by atoms with E-state index in [1.54, 1.807) is 6.20 Å². The molecule has 4 nitrogen and oxygen atoms in total. The van der Waals surface area contributed by atoms with Crippen LogP contribution in [-0.2, 0) is 9.53 Å². The molecule has 0 unspecified atom stereocenters. The predicted octanol–water partition coefficient (Wildman–Crippen LogP) is 1.69. The van der Waals surface area contributed by atoms with E-state index in [1.807, 2.05) is 18.2 Å². The van der Waals surface area contributed by atoms with E-state index in [0.717, 1.165) is 18.7 Å². The van der Waals surface area contributed by atoms with Gasteiger partial charge in [-0.1, -0.05) is 6.07 Å². The van der Waals surface area contributed by atoms with Gasteiger partial charge in [0.25, 0.3) is 0 Å². The number of nitrogens with one attached hydrogen (secondary N) is 1. The van der Waals surface area contributed by atoms with Crippen LogP contribution in [0.15, 0.2) is 24.4 Å². The van der Waals surface area contributed by atoms with Gasteiger partial charge in [0.15, 0.2) is 0 Å². The Morgan fingerprint density at radius 3 is 3.00 bits per heavy atom. The van der Waals surface area contributed by atoms with E-state index in [4.69, 9.17) is 0 Å². The second-order valence-electron chi connectivity index (χ2n) is 3.61. The average Bonchev–Trinajstić information content (AvgIpc) is 2.35. The summed E-state index contributed by atoms with van der Waals surface area (Å²) in [6, 6.07) is 6.05. The Morgan fingerprint density at radius 1 is 1.56 bits per heavy atom. The number of methoxy groups -OCH3 is 1. The van der Waals surface area contributed by atoms with E-state index < -0.39 is 0 Å². The Balaban J connectivity index is 2.21. The lowest BCUT2D eigenvalue weighted by molar-refractivity contribution is -0.140. The molecule has 0 spiro atoms. The molecule has 0 aromatic carbocycles. The molecule has 0 fully saturated rings. The maximum atomic E-state index is 10.9. The Kier molecular flexibility index (Phi) is 5.50. The van der Waals surface area contributed by atoms with Gasteiger partial charge in [-0.3, -0.25) is 9.78 Å². The fraction of sp³-hybridized carbons (Fsp3) is 0.500. The number of hydrogen-bond acceptors (Lipinski definition) is 4. The Morgan fingerprint density at radius 2 is 2.38 bits per heavy atom. The van der Waals surface area contributed by atoms with Gasteiger partial charge in [0.05, 0.1) is 12.8 Å². The molecule has 1 heterocycles. The largest absolute Gasteiger partial charge is 0.469 e. The molecular formula is C12H18N2O2. The molecule has 4 heteroatoms. The highest BCUT2D eigenvalue weighted by Gasteiger charge is 2.05. The van der Waals surface area contributed by atoms with Crippen molar-refractivity contribution in [3.05, 3.63) is 30.1 Å². The van der Waals surface area contributed by atoms with Gasteiger partial charge >= 0.3 is 5.97 Å². The van der Waals surface area contributed by atoms with Crippen LogP contribution < -0.4 is 5.32 Å². The van der Waals surface area contributed by atoms with E-state index in [2.05, 4.69) is 22.0 Å². The van der Waals surface area contributed by atoms with Crippen molar-refractivity contribution in [1.29, 1.82) is 0 Å². The molecule has 0 amide bonds. The third kappa shape index (κ3) is 4.40. The number of nitrogens with zero attached hydrogens (tertiary/aromatic N) is 1. The molecule has 0 saturated carbocycles. The molecule has 16 heavy (non-hydrogen) atoms. The summed E-state index contributed by atoms with van der Waals surface area (Å²) in [7, 11) is 1.41. The molecule has 0 radical (unpaired) electrons. The monoisotopic (exact) mass is 222 g/mol. The summed E-state index contributed by atoms with van der Waals surface area (Å²) in [6.07, 6.45) is 3.02. The van der Waals surface area contributed by atoms with Gasteiger partial charge in [-0.2, -0.15) is 0 Å². The molecule has 1 N–H and O–H groups in total. The standard InChI is InChI=1S/C12H18N2O2/c1-10(11-6-3-4-8-14-11)13-9-5-7-12(15)16-2/h3-4,6,8,10,13H,5,7,9H2,1-2H3/t10-/m1/s1. The van der Waals surface area contributed by atoms with Crippen molar-refractivity contribution in [1.82, 2.24) is 10.3 Å². The summed E-state index contributed by atoms with van der Waals surface area (Å²) >= 11 is 0. The summed E-state index contributed by atoms with van der Waals surface area (Å²) in [6.45, 7) is 2.84. The van der Waals surface area contributed by atoms with Crippen molar-refractivity contribution in [2.45, 2.75) is 25.8 Å². The van der Waals surface area contributed by atoms with Crippen LogP contribution in [0.5, 0.6) is 0 Å². The normalized spacial score (nSPS) is 12.1. The first-order valence-corrected chi connectivity index (χ1v) is 5.45. The smallest absolute Gasteiger partial charge is 0.305 e.